The van der Waals surface area contributed by atoms with Gasteiger partial charge in [0.1, 0.15) is 30.2 Å². The maximum atomic E-state index is 14.0. The van der Waals surface area contributed by atoms with Crippen LogP contribution in [0.2, 0.25) is 0 Å². The van der Waals surface area contributed by atoms with E-state index in [1.165, 1.54) is 31.2 Å². The molecule has 1 aromatic heterocycles. The van der Waals surface area contributed by atoms with Crippen molar-refractivity contribution in [1.29, 1.82) is 5.41 Å². The molecule has 0 spiro atoms. The molecule has 480 valence electrons. The van der Waals surface area contributed by atoms with E-state index < -0.39 is 150 Å². The number of carboxylic acid groups (broad SMARTS) is 1. The number of thioether (sulfide) groups is 1. The Morgan fingerprint density at radius 1 is 0.612 bits per heavy atom. The second-order valence-corrected chi connectivity index (χ2v) is 23.1. The molecule has 0 aliphatic rings. The number of Topliss-reactive ketones (excluding diaryl/α,β-unsaturated/α-hetero) is 4. The molecule has 19 N–H and O–H groups in total. The maximum Gasteiger partial charge on any atom is 0.303 e. The summed E-state index contributed by atoms with van der Waals surface area (Å²) < 4.78 is 0. The van der Waals surface area contributed by atoms with Gasteiger partial charge in [-0.25, -0.2) is 10.4 Å². The van der Waals surface area contributed by atoms with E-state index in [0.717, 1.165) is 0 Å². The molecule has 1 rings (SSSR count). The lowest BCUT2D eigenvalue weighted by Crippen LogP contribution is -2.59. The van der Waals surface area contributed by atoms with Crippen LogP contribution in [0.1, 0.15) is 145 Å². The number of hydrazine groups is 1. The predicted octanol–water partition coefficient (Wildman–Crippen LogP) is -1.62. The van der Waals surface area contributed by atoms with Gasteiger partial charge < -0.3 is 69.4 Å². The summed E-state index contributed by atoms with van der Waals surface area (Å²) in [6.45, 7) is 14.9. The minimum atomic E-state index is -1.51. The fourth-order valence-electron chi connectivity index (χ4n) is 8.85. The number of carbonyl (C=O) groups excluding carboxylic acids is 11. The molecule has 0 aliphatic carbocycles. The Kier molecular flexibility index (Phi) is 36.9. The van der Waals surface area contributed by atoms with Crippen molar-refractivity contribution in [2.45, 2.75) is 200 Å². The van der Waals surface area contributed by atoms with Gasteiger partial charge in [0, 0.05) is 37.7 Å². The number of imidazole rings is 1. The molecule has 0 radical (unpaired) electrons. The number of ketones is 4. The van der Waals surface area contributed by atoms with Crippen LogP contribution in [-0.2, 0) is 64.0 Å². The molecule has 4 unspecified atom stereocenters. The van der Waals surface area contributed by atoms with E-state index >= 15 is 0 Å². The number of primary amides is 1. The monoisotopic (exact) mass is 1220 g/mol. The molecule has 85 heavy (non-hydrogen) atoms. The summed E-state index contributed by atoms with van der Waals surface area (Å²) in [7, 11) is 0. The van der Waals surface area contributed by atoms with Crippen molar-refractivity contribution in [3.05, 3.63) is 18.2 Å². The minimum absolute atomic E-state index is 0.00101. The molecule has 1 aromatic rings. The van der Waals surface area contributed by atoms with Crippen molar-refractivity contribution >= 4 is 88.2 Å². The van der Waals surface area contributed by atoms with E-state index in [-0.39, 0.29) is 62.9 Å². The highest BCUT2D eigenvalue weighted by Crippen LogP contribution is 2.14. The maximum absolute atomic E-state index is 14.0. The Morgan fingerprint density at radius 3 is 1.71 bits per heavy atom. The fourth-order valence-corrected chi connectivity index (χ4v) is 9.32. The number of aliphatic carboxylic acids is 1. The van der Waals surface area contributed by atoms with E-state index in [0.29, 0.717) is 56.6 Å². The molecule has 1 heterocycles. The zero-order chi connectivity index (χ0) is 64.3. The summed E-state index contributed by atoms with van der Waals surface area (Å²) in [6.07, 6.45) is 5.61. The molecule has 0 aromatic carbocycles. The molecule has 29 nitrogen and oxygen atoms in total. The lowest BCUT2D eigenvalue weighted by Gasteiger charge is -2.27. The van der Waals surface area contributed by atoms with Crippen LogP contribution in [0.5, 0.6) is 0 Å². The van der Waals surface area contributed by atoms with Gasteiger partial charge >= 0.3 is 5.97 Å². The Balaban J connectivity index is 3.12. The topological polar surface area (TPSA) is 476 Å². The van der Waals surface area contributed by atoms with E-state index in [9.17, 15) is 62.6 Å². The first-order valence-electron chi connectivity index (χ1n) is 29.0. The van der Waals surface area contributed by atoms with Gasteiger partial charge in [-0.2, -0.15) is 11.8 Å². The Morgan fingerprint density at radius 2 is 1.15 bits per heavy atom. The van der Waals surface area contributed by atoms with Crippen molar-refractivity contribution in [2.75, 3.05) is 31.6 Å². The molecular weight excluding hydrogens is 1120 g/mol. The number of aromatic nitrogens is 2. The highest BCUT2D eigenvalue weighted by atomic mass is 32.2. The predicted molar refractivity (Wildman–Crippen MR) is 320 cm³/mol. The van der Waals surface area contributed by atoms with Crippen LogP contribution >= 0.6 is 11.8 Å². The number of hydrogen-bond acceptors (Lipinski definition) is 19. The van der Waals surface area contributed by atoms with Crippen LogP contribution < -0.4 is 70.6 Å². The normalized spacial score (nSPS) is 14.5. The van der Waals surface area contributed by atoms with Gasteiger partial charge in [-0.05, 0) is 101 Å². The summed E-state index contributed by atoms with van der Waals surface area (Å²) in [4.78, 5) is 167. The third-order valence-corrected chi connectivity index (χ3v) is 14.1. The first-order chi connectivity index (χ1) is 40.1. The van der Waals surface area contributed by atoms with Gasteiger partial charge in [-0.3, -0.25) is 68.8 Å². The van der Waals surface area contributed by atoms with Crippen LogP contribution in [0.4, 0.5) is 0 Å². The van der Waals surface area contributed by atoms with Crippen LogP contribution in [-0.4, -0.2) is 178 Å². The number of nitrogens with two attached hydrogens (primary N) is 3. The number of rotatable bonds is 47. The van der Waals surface area contributed by atoms with Crippen LogP contribution in [0, 0.1) is 23.2 Å². The number of amides is 7. The molecule has 0 saturated carbocycles. The van der Waals surface area contributed by atoms with Gasteiger partial charge in [-0.15, -0.1) is 0 Å². The summed E-state index contributed by atoms with van der Waals surface area (Å²) in [5.74, 6) is -5.03. The van der Waals surface area contributed by atoms with Crippen molar-refractivity contribution in [3.63, 3.8) is 0 Å². The number of nitrogens with zero attached hydrogens (tertiary/aromatic N) is 1. The first kappa shape index (κ1) is 76.1. The molecule has 0 aliphatic heterocycles. The van der Waals surface area contributed by atoms with Gasteiger partial charge in [0.15, 0.2) is 5.96 Å². The summed E-state index contributed by atoms with van der Waals surface area (Å²) in [6, 6.07) is -10.9. The molecule has 7 amide bonds. The number of hydrogen-bond donors (Lipinski definition) is 16. The molecular formula is C55H96N16O13S. The van der Waals surface area contributed by atoms with Gasteiger partial charge in [-0.1, -0.05) is 61.3 Å². The molecule has 9 atom stereocenters. The van der Waals surface area contributed by atoms with E-state index in [1.54, 1.807) is 27.0 Å². The van der Waals surface area contributed by atoms with Gasteiger partial charge in [0.2, 0.25) is 64.5 Å². The Bertz CT molecular complexity index is 2360. The summed E-state index contributed by atoms with van der Waals surface area (Å²) in [5, 5.41) is 41.2. The highest BCUT2D eigenvalue weighted by Gasteiger charge is 2.37. The molecule has 0 saturated heterocycles. The minimum Gasteiger partial charge on any atom is -0.481 e. The average molecular weight is 1220 g/mol. The molecule has 30 heteroatoms. The SMILES string of the molecule is CCNC(C)C(=O)C(=O)C(CCSC)NC(=O)[C@H](CCCNC(=N)N)NC(=O)C(CCC(=O)O)NC(=O)[C@@H](NC(=O)CCCCCCN[C@@H](CC(C)C)C(=O)C(=O)[C@H](Cc1cnc[nH]1)NC(=O)C(CC(N)=O)NC(=O)[C@H](CC(C)C)NN)C(C)C. The highest BCUT2D eigenvalue weighted by molar-refractivity contribution is 7.98. The lowest BCUT2D eigenvalue weighted by molar-refractivity contribution is -0.140. The zero-order valence-corrected chi connectivity index (χ0v) is 51.6. The van der Waals surface area contributed by atoms with Crippen LogP contribution in [0.15, 0.2) is 12.5 Å². The third kappa shape index (κ3) is 30.7. The van der Waals surface area contributed by atoms with E-state index in [1.807, 2.05) is 27.7 Å². The number of H-pyrrole nitrogens is 1. The number of carboxylic acids is 1. The van der Waals surface area contributed by atoms with Gasteiger partial charge in [0.05, 0.1) is 36.9 Å². The fraction of sp³-hybridized carbons (Fsp3) is 0.709. The first-order valence-corrected chi connectivity index (χ1v) is 30.4. The molecule has 0 fully saturated rings. The second-order valence-electron chi connectivity index (χ2n) is 22.1. The number of unbranched alkanes of at least 4 members (excludes halogenated alkanes) is 3. The number of likely N-dealkylation sites (N-methyl/N-ethyl adjacent to an activating group) is 1. The van der Waals surface area contributed by atoms with Crippen molar-refractivity contribution in [2.24, 2.45) is 35.1 Å². The smallest absolute Gasteiger partial charge is 0.303 e. The number of carbonyl (C=O) groups is 12. The Hall–Kier alpha value is -6.89. The average Bonchev–Trinajstić information content (AvgIpc) is 4.01. The second kappa shape index (κ2) is 41.2. The standard InChI is InChI=1S/C55H96N16O13S/c1-10-61-33(8)46(76)47(77)35(20-23-85-9)65-50(80)36(16-15-22-63-55(57)58)66-51(81)37(18-19-44(74)75)67-54(84)45(32(6)7)70-43(73)17-13-11-12-14-21-62-38(24-30(2)3)48(78)49(79)39(26-34-28-60-29-64-34)68-52(82)40(27-42(56)72)69-53(83)41(71-59)25-31(4)5/h28-33,35-41,45,61-62,71H,10-27,59H2,1-9H3,(H2,56,72)(H,60,64)(H,65,80)(H,66,81)(H,67,84)(H,68,82)(H,69,83)(H,70,73)(H,74,75)(H4,57,58,63)/t33?,35?,36-,37?,38-,39-,40?,41-,45-/m0/s1. The number of guanidine groups is 1. The van der Waals surface area contributed by atoms with Crippen LogP contribution in [0.25, 0.3) is 0 Å². The largest absolute Gasteiger partial charge is 0.481 e. The quantitative estimate of drug-likeness (QED) is 0.00871. The van der Waals surface area contributed by atoms with E-state index in [4.69, 9.17) is 22.7 Å². The van der Waals surface area contributed by atoms with Crippen molar-refractivity contribution in [1.82, 2.24) is 63.2 Å². The number of aromatic amines is 1. The summed E-state index contributed by atoms with van der Waals surface area (Å²) in [5.41, 5.74) is 13.7. The summed E-state index contributed by atoms with van der Waals surface area (Å²) >= 11 is 1.38. The Labute approximate surface area is 502 Å². The number of nitrogens with one attached hydrogen (secondary N) is 12. The van der Waals surface area contributed by atoms with Crippen molar-refractivity contribution in [3.8, 4) is 0 Å². The van der Waals surface area contributed by atoms with Crippen molar-refractivity contribution < 1.29 is 62.6 Å². The lowest BCUT2D eigenvalue weighted by atomic mass is 9.93. The van der Waals surface area contributed by atoms with Gasteiger partial charge in [0.25, 0.3) is 0 Å². The zero-order valence-electron chi connectivity index (χ0n) is 50.7. The molecule has 0 bridgehead atoms. The third-order valence-electron chi connectivity index (χ3n) is 13.4. The van der Waals surface area contributed by atoms with E-state index in [2.05, 4.69) is 63.2 Å². The van der Waals surface area contributed by atoms with Crippen LogP contribution in [0.3, 0.4) is 0 Å².